The third-order valence-electron chi connectivity index (χ3n) is 3.61. The van der Waals surface area contributed by atoms with Crippen LogP contribution in [0.4, 0.5) is 18.9 Å². The summed E-state index contributed by atoms with van der Waals surface area (Å²) in [6.07, 6.45) is 0. The zero-order valence-corrected chi connectivity index (χ0v) is 12.8. The van der Waals surface area contributed by atoms with Gasteiger partial charge in [0.05, 0.1) is 5.69 Å². The summed E-state index contributed by atoms with van der Waals surface area (Å²) in [6.45, 7) is 3.60. The molecule has 0 aliphatic heterocycles. The maximum atomic E-state index is 13.6. The van der Waals surface area contributed by atoms with E-state index >= 15 is 0 Å². The van der Waals surface area contributed by atoms with Gasteiger partial charge in [-0.25, -0.2) is 13.2 Å². The van der Waals surface area contributed by atoms with Crippen LogP contribution in [-0.2, 0) is 4.79 Å². The van der Waals surface area contributed by atoms with Crippen LogP contribution >= 0.6 is 0 Å². The number of quaternary nitrogens is 1. The minimum Gasteiger partial charge on any atom is -0.330 e. The van der Waals surface area contributed by atoms with Crippen molar-refractivity contribution in [2.24, 2.45) is 0 Å². The number of nitrogens with two attached hydrogens (primary N) is 1. The number of halogens is 3. The highest BCUT2D eigenvalue weighted by Gasteiger charge is 2.22. The van der Waals surface area contributed by atoms with Crippen molar-refractivity contribution in [3.63, 3.8) is 0 Å². The first-order valence-corrected chi connectivity index (χ1v) is 7.24. The first-order valence-electron chi connectivity index (χ1n) is 7.24. The highest BCUT2D eigenvalue weighted by atomic mass is 19.2. The third-order valence-corrected chi connectivity index (χ3v) is 3.61. The molecule has 0 aliphatic rings. The van der Waals surface area contributed by atoms with Crippen LogP contribution in [0.5, 0.6) is 0 Å². The van der Waals surface area contributed by atoms with E-state index in [0.717, 1.165) is 17.7 Å². The average Bonchev–Trinajstić information content (AvgIpc) is 2.56. The molecule has 0 heterocycles. The van der Waals surface area contributed by atoms with E-state index in [1.165, 1.54) is 0 Å². The highest BCUT2D eigenvalue weighted by molar-refractivity contribution is 5.93. The lowest BCUT2D eigenvalue weighted by molar-refractivity contribution is -0.709. The van der Waals surface area contributed by atoms with Gasteiger partial charge < -0.3 is 10.6 Å². The van der Waals surface area contributed by atoms with Crippen LogP contribution < -0.4 is 10.6 Å². The van der Waals surface area contributed by atoms with Crippen LogP contribution in [0.15, 0.2) is 42.5 Å². The molecule has 2 aromatic carbocycles. The Hall–Kier alpha value is -2.34. The molecule has 1 amide bonds. The fraction of sp³-hybridized carbons (Fsp3) is 0.235. The fourth-order valence-electron chi connectivity index (χ4n) is 2.26. The Morgan fingerprint density at radius 3 is 2.30 bits per heavy atom. The summed E-state index contributed by atoms with van der Waals surface area (Å²) in [5.41, 5.74) is 0.674. The standard InChI is InChI=1S/C17H17F3N2O/c1-10(12-6-4-3-5-7-12)21-11(2)17(23)22-14-9-8-13(18)15(19)16(14)20/h3-11,21H,1-2H3,(H,22,23)/p+1/t10-,11-/m1/s1. The van der Waals surface area contributed by atoms with Crippen molar-refractivity contribution in [1.29, 1.82) is 0 Å². The summed E-state index contributed by atoms with van der Waals surface area (Å²) in [5, 5.41) is 4.09. The number of benzene rings is 2. The van der Waals surface area contributed by atoms with Crippen molar-refractivity contribution in [3.05, 3.63) is 65.5 Å². The molecule has 122 valence electrons. The molecule has 0 radical (unpaired) electrons. The largest absolute Gasteiger partial charge is 0.330 e. The smallest absolute Gasteiger partial charge is 0.282 e. The number of amides is 1. The van der Waals surface area contributed by atoms with Gasteiger partial charge in [-0.3, -0.25) is 4.79 Å². The van der Waals surface area contributed by atoms with Gasteiger partial charge in [-0.2, -0.15) is 0 Å². The number of rotatable bonds is 5. The van der Waals surface area contributed by atoms with Crippen molar-refractivity contribution in [1.82, 2.24) is 0 Å². The second kappa shape index (κ2) is 7.28. The Labute approximate surface area is 132 Å². The molecule has 2 atom stereocenters. The van der Waals surface area contributed by atoms with Crippen LogP contribution in [0, 0.1) is 17.5 Å². The molecule has 0 fully saturated rings. The molecule has 2 rings (SSSR count). The molecule has 0 aromatic heterocycles. The van der Waals surface area contributed by atoms with Crippen molar-refractivity contribution in [2.75, 3.05) is 5.32 Å². The van der Waals surface area contributed by atoms with E-state index in [9.17, 15) is 18.0 Å². The Kier molecular flexibility index (Phi) is 5.39. The van der Waals surface area contributed by atoms with Gasteiger partial charge >= 0.3 is 0 Å². The molecular formula is C17H18F3N2O+. The number of anilines is 1. The van der Waals surface area contributed by atoms with Gasteiger partial charge in [-0.1, -0.05) is 30.3 Å². The van der Waals surface area contributed by atoms with Gasteiger partial charge in [0.15, 0.2) is 23.5 Å². The van der Waals surface area contributed by atoms with Crippen LogP contribution in [-0.4, -0.2) is 11.9 Å². The van der Waals surface area contributed by atoms with Crippen molar-refractivity contribution in [3.8, 4) is 0 Å². The molecule has 0 bridgehead atoms. The van der Waals surface area contributed by atoms with Crippen LogP contribution in [0.2, 0.25) is 0 Å². The summed E-state index contributed by atoms with van der Waals surface area (Å²) in [6, 6.07) is 10.9. The molecule has 0 unspecified atom stereocenters. The Bertz CT molecular complexity index is 692. The van der Waals surface area contributed by atoms with Gasteiger partial charge in [0.2, 0.25) is 0 Å². The molecule has 2 aromatic rings. The molecular weight excluding hydrogens is 305 g/mol. The average molecular weight is 323 g/mol. The lowest BCUT2D eigenvalue weighted by atomic mass is 10.1. The second-order valence-electron chi connectivity index (χ2n) is 5.39. The SMILES string of the molecule is C[C@@H]([NH2+][C@H](C)c1ccccc1)C(=O)Nc1ccc(F)c(F)c1F. The zero-order chi connectivity index (χ0) is 17.0. The van der Waals surface area contributed by atoms with E-state index in [2.05, 4.69) is 5.32 Å². The molecule has 3 nitrogen and oxygen atoms in total. The van der Waals surface area contributed by atoms with Gasteiger partial charge in [0.1, 0.15) is 6.04 Å². The quantitative estimate of drug-likeness (QED) is 0.817. The Morgan fingerprint density at radius 2 is 1.65 bits per heavy atom. The van der Waals surface area contributed by atoms with Crippen molar-refractivity contribution in [2.45, 2.75) is 25.9 Å². The zero-order valence-electron chi connectivity index (χ0n) is 12.8. The molecule has 3 N–H and O–H groups in total. The number of nitrogens with one attached hydrogen (secondary N) is 1. The summed E-state index contributed by atoms with van der Waals surface area (Å²) < 4.78 is 39.6. The van der Waals surface area contributed by atoms with Crippen LogP contribution in [0.25, 0.3) is 0 Å². The number of hydrogen-bond acceptors (Lipinski definition) is 1. The lowest BCUT2D eigenvalue weighted by Crippen LogP contribution is -2.91. The molecule has 0 saturated heterocycles. The van der Waals surface area contributed by atoms with Crippen LogP contribution in [0.1, 0.15) is 25.5 Å². The summed E-state index contributed by atoms with van der Waals surface area (Å²) in [5.74, 6) is -4.78. The highest BCUT2D eigenvalue weighted by Crippen LogP contribution is 2.19. The second-order valence-corrected chi connectivity index (χ2v) is 5.39. The van der Waals surface area contributed by atoms with E-state index < -0.39 is 29.4 Å². The number of hydrogen-bond donors (Lipinski definition) is 2. The Morgan fingerprint density at radius 1 is 1.00 bits per heavy atom. The monoisotopic (exact) mass is 323 g/mol. The van der Waals surface area contributed by atoms with E-state index in [0.29, 0.717) is 0 Å². The van der Waals surface area contributed by atoms with E-state index in [1.807, 2.05) is 42.6 Å². The minimum atomic E-state index is -1.60. The topological polar surface area (TPSA) is 45.7 Å². The predicted molar refractivity (Wildman–Crippen MR) is 81.2 cm³/mol. The third kappa shape index (κ3) is 4.10. The van der Waals surface area contributed by atoms with E-state index in [4.69, 9.17) is 0 Å². The fourth-order valence-corrected chi connectivity index (χ4v) is 2.26. The summed E-state index contributed by atoms with van der Waals surface area (Å²) in [7, 11) is 0. The van der Waals surface area contributed by atoms with E-state index in [1.54, 1.807) is 6.92 Å². The van der Waals surface area contributed by atoms with Gasteiger partial charge in [-0.15, -0.1) is 0 Å². The predicted octanol–water partition coefficient (Wildman–Crippen LogP) is 2.76. The van der Waals surface area contributed by atoms with Crippen molar-refractivity contribution < 1.29 is 23.3 Å². The molecule has 0 aliphatic carbocycles. The van der Waals surface area contributed by atoms with Gasteiger partial charge in [-0.05, 0) is 26.0 Å². The lowest BCUT2D eigenvalue weighted by Gasteiger charge is -2.17. The number of carbonyl (C=O) groups is 1. The molecule has 0 saturated carbocycles. The molecule has 0 spiro atoms. The first-order chi connectivity index (χ1) is 10.9. The van der Waals surface area contributed by atoms with E-state index in [-0.39, 0.29) is 11.7 Å². The molecule has 6 heteroatoms. The molecule has 23 heavy (non-hydrogen) atoms. The normalized spacial score (nSPS) is 13.4. The van der Waals surface area contributed by atoms with Gasteiger partial charge in [0.25, 0.3) is 5.91 Å². The number of carbonyl (C=O) groups excluding carboxylic acids is 1. The first kappa shape index (κ1) is 17.0. The van der Waals surface area contributed by atoms with Crippen LogP contribution in [0.3, 0.4) is 0 Å². The van der Waals surface area contributed by atoms with Gasteiger partial charge in [0, 0.05) is 5.56 Å². The maximum Gasteiger partial charge on any atom is 0.282 e. The summed E-state index contributed by atoms with van der Waals surface area (Å²) >= 11 is 0. The summed E-state index contributed by atoms with van der Waals surface area (Å²) in [4.78, 5) is 12.1. The maximum absolute atomic E-state index is 13.6. The minimum absolute atomic E-state index is 0.0201. The Balaban J connectivity index is 2.02. The van der Waals surface area contributed by atoms with Crippen molar-refractivity contribution >= 4 is 11.6 Å².